The van der Waals surface area contributed by atoms with Gasteiger partial charge in [-0.25, -0.2) is 9.18 Å². The van der Waals surface area contributed by atoms with Gasteiger partial charge in [0.1, 0.15) is 5.82 Å². The van der Waals surface area contributed by atoms with E-state index in [9.17, 15) is 14.3 Å². The molecule has 6 heteroatoms. The molecule has 0 unspecified atom stereocenters. The summed E-state index contributed by atoms with van der Waals surface area (Å²) >= 11 is 5.74. The number of carboxylic acid groups (broad SMARTS) is 1. The molecule has 0 atom stereocenters. The van der Waals surface area contributed by atoms with Crippen molar-refractivity contribution in [1.82, 2.24) is 4.90 Å². The summed E-state index contributed by atoms with van der Waals surface area (Å²) in [4.78, 5) is 12.3. The Morgan fingerprint density at radius 3 is 2.76 bits per heavy atom. The van der Waals surface area contributed by atoms with Crippen molar-refractivity contribution >= 4 is 17.6 Å². The van der Waals surface area contributed by atoms with Crippen LogP contribution < -0.4 is 0 Å². The van der Waals surface area contributed by atoms with Crippen molar-refractivity contribution < 1.29 is 19.4 Å². The predicted octanol–water partition coefficient (Wildman–Crippen LogP) is 1.11. The summed E-state index contributed by atoms with van der Waals surface area (Å²) in [7, 11) is 0. The number of aliphatic carboxylic acids is 1. The minimum Gasteiger partial charge on any atom is -0.479 e. The predicted molar refractivity (Wildman–Crippen MR) is 59.3 cm³/mol. The number of carbonyl (C=O) groups is 1. The maximum absolute atomic E-state index is 13.4. The average molecular weight is 260 g/mol. The third kappa shape index (κ3) is 2.41. The van der Waals surface area contributed by atoms with Crippen LogP contribution in [0.15, 0.2) is 18.2 Å². The molecule has 0 bridgehead atoms. The SMILES string of the molecule is O=C(O)C1(O)CN(Cc2cc(Cl)ccc2F)C1. The fourth-order valence-electron chi connectivity index (χ4n) is 1.85. The zero-order valence-corrected chi connectivity index (χ0v) is 9.62. The van der Waals surface area contributed by atoms with Gasteiger partial charge in [0, 0.05) is 30.2 Å². The number of aliphatic hydroxyl groups is 1. The van der Waals surface area contributed by atoms with Gasteiger partial charge in [-0.3, -0.25) is 4.90 Å². The molecule has 1 aliphatic heterocycles. The van der Waals surface area contributed by atoms with Crippen LogP contribution in [0.3, 0.4) is 0 Å². The summed E-state index contributed by atoms with van der Waals surface area (Å²) in [5.41, 5.74) is -1.31. The average Bonchev–Trinajstić information content (AvgIpc) is 2.20. The molecule has 0 amide bonds. The zero-order valence-electron chi connectivity index (χ0n) is 8.86. The lowest BCUT2D eigenvalue weighted by molar-refractivity contribution is -0.178. The van der Waals surface area contributed by atoms with E-state index in [4.69, 9.17) is 16.7 Å². The lowest BCUT2D eigenvalue weighted by Crippen LogP contribution is -2.65. The van der Waals surface area contributed by atoms with Crippen LogP contribution in [-0.4, -0.2) is 39.8 Å². The van der Waals surface area contributed by atoms with Crippen molar-refractivity contribution in [1.29, 1.82) is 0 Å². The minimum absolute atomic E-state index is 0.00567. The van der Waals surface area contributed by atoms with Crippen LogP contribution in [0.4, 0.5) is 4.39 Å². The van der Waals surface area contributed by atoms with Gasteiger partial charge in [-0.1, -0.05) is 11.6 Å². The van der Waals surface area contributed by atoms with E-state index in [0.29, 0.717) is 10.6 Å². The van der Waals surface area contributed by atoms with E-state index in [2.05, 4.69) is 0 Å². The van der Waals surface area contributed by atoms with Gasteiger partial charge in [0.25, 0.3) is 0 Å². The summed E-state index contributed by atoms with van der Waals surface area (Å²) < 4.78 is 13.4. The molecule has 1 aromatic rings. The first-order valence-electron chi connectivity index (χ1n) is 5.03. The normalized spacial score (nSPS) is 18.8. The molecule has 2 rings (SSSR count). The lowest BCUT2D eigenvalue weighted by Gasteiger charge is -2.43. The third-order valence-corrected chi connectivity index (χ3v) is 3.01. The fraction of sp³-hybridized carbons (Fsp3) is 0.364. The molecule has 0 aliphatic carbocycles. The topological polar surface area (TPSA) is 60.8 Å². The number of likely N-dealkylation sites (tertiary alicyclic amines) is 1. The van der Waals surface area contributed by atoms with Crippen molar-refractivity contribution in [3.8, 4) is 0 Å². The highest BCUT2D eigenvalue weighted by molar-refractivity contribution is 6.30. The first-order chi connectivity index (χ1) is 7.90. The van der Waals surface area contributed by atoms with Crippen LogP contribution in [0.5, 0.6) is 0 Å². The summed E-state index contributed by atoms with van der Waals surface area (Å²) in [6.07, 6.45) is 0. The number of nitrogens with zero attached hydrogens (tertiary/aromatic N) is 1. The molecule has 0 radical (unpaired) electrons. The van der Waals surface area contributed by atoms with E-state index in [1.807, 2.05) is 0 Å². The molecule has 17 heavy (non-hydrogen) atoms. The number of carboxylic acids is 1. The van der Waals surface area contributed by atoms with Crippen LogP contribution in [-0.2, 0) is 11.3 Å². The lowest BCUT2D eigenvalue weighted by atomic mass is 9.94. The smallest absolute Gasteiger partial charge is 0.338 e. The molecule has 1 saturated heterocycles. The van der Waals surface area contributed by atoms with Gasteiger partial charge in [0.15, 0.2) is 5.60 Å². The summed E-state index contributed by atoms with van der Waals surface area (Å²) in [5, 5.41) is 18.6. The third-order valence-electron chi connectivity index (χ3n) is 2.77. The molecule has 1 heterocycles. The highest BCUT2D eigenvalue weighted by Crippen LogP contribution is 2.25. The van der Waals surface area contributed by atoms with Gasteiger partial charge in [-0.2, -0.15) is 0 Å². The highest BCUT2D eigenvalue weighted by atomic mass is 35.5. The number of β-amino-alcohol motifs (C(OH)–C–C–N with tert-alkyl or cyclic N) is 1. The van der Waals surface area contributed by atoms with Crippen molar-refractivity contribution in [3.63, 3.8) is 0 Å². The Kier molecular flexibility index (Phi) is 3.07. The number of rotatable bonds is 3. The van der Waals surface area contributed by atoms with Crippen molar-refractivity contribution in [2.45, 2.75) is 12.1 Å². The largest absolute Gasteiger partial charge is 0.479 e. The summed E-state index contributed by atoms with van der Waals surface area (Å²) in [5.74, 6) is -1.64. The van der Waals surface area contributed by atoms with Gasteiger partial charge in [-0.05, 0) is 18.2 Å². The second-order valence-electron chi connectivity index (χ2n) is 4.22. The van der Waals surface area contributed by atoms with Crippen LogP contribution in [0.25, 0.3) is 0 Å². The Bertz CT molecular complexity index is 460. The molecule has 0 spiro atoms. The van der Waals surface area contributed by atoms with Gasteiger partial charge >= 0.3 is 5.97 Å². The Labute approximate surface area is 102 Å². The first-order valence-corrected chi connectivity index (χ1v) is 5.40. The van der Waals surface area contributed by atoms with E-state index in [-0.39, 0.29) is 25.5 Å². The van der Waals surface area contributed by atoms with Crippen molar-refractivity contribution in [3.05, 3.63) is 34.6 Å². The highest BCUT2D eigenvalue weighted by Gasteiger charge is 2.47. The van der Waals surface area contributed by atoms with Crippen LogP contribution in [0, 0.1) is 5.82 Å². The van der Waals surface area contributed by atoms with E-state index >= 15 is 0 Å². The van der Waals surface area contributed by atoms with E-state index in [1.54, 1.807) is 4.90 Å². The standard InChI is InChI=1S/C11H11ClFNO3/c12-8-1-2-9(13)7(3-8)4-14-5-11(17,6-14)10(15)16/h1-3,17H,4-6H2,(H,15,16). The Morgan fingerprint density at radius 1 is 1.53 bits per heavy atom. The quantitative estimate of drug-likeness (QED) is 0.854. The second kappa shape index (κ2) is 4.25. The summed E-state index contributed by atoms with van der Waals surface area (Å²) in [6, 6.07) is 4.21. The van der Waals surface area contributed by atoms with Crippen LogP contribution in [0.2, 0.25) is 5.02 Å². The molecule has 0 saturated carbocycles. The van der Waals surface area contributed by atoms with Gasteiger partial charge in [0.05, 0.1) is 0 Å². The molecule has 92 valence electrons. The maximum Gasteiger partial charge on any atom is 0.338 e. The number of benzene rings is 1. The van der Waals surface area contributed by atoms with E-state index in [0.717, 1.165) is 0 Å². The van der Waals surface area contributed by atoms with Crippen LogP contribution >= 0.6 is 11.6 Å². The number of hydrogen-bond acceptors (Lipinski definition) is 3. The molecular formula is C11H11ClFNO3. The zero-order chi connectivity index (χ0) is 12.6. The Hall–Kier alpha value is -1.17. The molecule has 1 aliphatic rings. The maximum atomic E-state index is 13.4. The van der Waals surface area contributed by atoms with Gasteiger partial charge < -0.3 is 10.2 Å². The van der Waals surface area contributed by atoms with Crippen LogP contribution in [0.1, 0.15) is 5.56 Å². The molecule has 2 N–H and O–H groups in total. The monoisotopic (exact) mass is 259 g/mol. The Morgan fingerprint density at radius 2 is 2.18 bits per heavy atom. The first kappa shape index (κ1) is 12.3. The number of halogens is 2. The molecular weight excluding hydrogens is 249 g/mol. The molecule has 1 aromatic carbocycles. The van der Waals surface area contributed by atoms with Gasteiger partial charge in [0.2, 0.25) is 0 Å². The minimum atomic E-state index is -1.70. The molecule has 4 nitrogen and oxygen atoms in total. The summed E-state index contributed by atoms with van der Waals surface area (Å²) in [6.45, 7) is 0.227. The van der Waals surface area contributed by atoms with E-state index < -0.39 is 11.6 Å². The second-order valence-corrected chi connectivity index (χ2v) is 4.65. The van der Waals surface area contributed by atoms with Crippen molar-refractivity contribution in [2.24, 2.45) is 0 Å². The number of hydrogen-bond donors (Lipinski definition) is 2. The molecule has 0 aromatic heterocycles. The van der Waals surface area contributed by atoms with Gasteiger partial charge in [-0.15, -0.1) is 0 Å². The van der Waals surface area contributed by atoms with Crippen molar-refractivity contribution in [2.75, 3.05) is 13.1 Å². The molecule has 1 fully saturated rings. The Balaban J connectivity index is 2.01. The van der Waals surface area contributed by atoms with E-state index in [1.165, 1.54) is 18.2 Å². The fourth-order valence-corrected chi connectivity index (χ4v) is 2.04.